The summed E-state index contributed by atoms with van der Waals surface area (Å²) in [4.78, 5) is 28.1. The van der Waals surface area contributed by atoms with E-state index in [1.54, 1.807) is 60.7 Å². The molecular formula is C29H33O3P. The Kier molecular flexibility index (Phi) is 7.55. The van der Waals surface area contributed by atoms with Gasteiger partial charge in [-0.3, -0.25) is 9.59 Å². The molecule has 4 heteroatoms. The maximum atomic E-state index is 14.7. The number of hydrogen-bond donors (Lipinski definition) is 0. The largest absolute Gasteiger partial charge is 0.302 e. The Morgan fingerprint density at radius 1 is 0.636 bits per heavy atom. The minimum Gasteiger partial charge on any atom is -0.302 e. The van der Waals surface area contributed by atoms with Crippen LogP contribution in [0.2, 0.25) is 0 Å². The quantitative estimate of drug-likeness (QED) is 0.323. The predicted octanol–water partition coefficient (Wildman–Crippen LogP) is 7.73. The van der Waals surface area contributed by atoms with Crippen molar-refractivity contribution in [2.24, 2.45) is 0 Å². The van der Waals surface area contributed by atoms with E-state index in [-0.39, 0.29) is 28.6 Å². The molecule has 0 fully saturated rings. The van der Waals surface area contributed by atoms with E-state index in [4.69, 9.17) is 0 Å². The van der Waals surface area contributed by atoms with Gasteiger partial charge in [0.25, 0.3) is 0 Å². The fraction of sp³-hybridized carbons (Fsp3) is 0.310. The number of rotatable bonds is 8. The molecule has 0 saturated carbocycles. The van der Waals surface area contributed by atoms with Crippen LogP contribution in [0.4, 0.5) is 0 Å². The minimum atomic E-state index is -4.15. The molecule has 0 heterocycles. The number of hydrogen-bond acceptors (Lipinski definition) is 3. The summed E-state index contributed by atoms with van der Waals surface area (Å²) in [5.74, 6) is 0.364. The zero-order chi connectivity index (χ0) is 24.3. The Morgan fingerprint density at radius 2 is 1.09 bits per heavy atom. The molecule has 1 unspecified atom stereocenters. The summed E-state index contributed by atoms with van der Waals surface area (Å²) in [5.41, 5.74) is 2.40. The standard InChI is InChI=1S/C29H33O3P/c1-19(2)23-17-25(20(3)4)27(26(18-23)21(5)6)29(31)33(32,24-15-11-8-12-16-24)28(30)22-13-9-7-10-14-22/h7-21H,1-6H3. The van der Waals surface area contributed by atoms with Gasteiger partial charge in [0.1, 0.15) is 0 Å². The van der Waals surface area contributed by atoms with Gasteiger partial charge in [-0.25, -0.2) is 0 Å². The minimum absolute atomic E-state index is 0.0381. The van der Waals surface area contributed by atoms with Gasteiger partial charge in [-0.15, -0.1) is 0 Å². The summed E-state index contributed by atoms with van der Waals surface area (Å²) < 4.78 is 14.7. The van der Waals surface area contributed by atoms with Crippen LogP contribution in [0.5, 0.6) is 0 Å². The fourth-order valence-corrected chi connectivity index (χ4v) is 6.42. The molecule has 0 aliphatic rings. The van der Waals surface area contributed by atoms with Gasteiger partial charge in [-0.1, -0.05) is 114 Å². The first-order valence-corrected chi connectivity index (χ1v) is 13.3. The van der Waals surface area contributed by atoms with E-state index in [2.05, 4.69) is 26.0 Å². The monoisotopic (exact) mass is 460 g/mol. The SMILES string of the molecule is CC(C)c1cc(C(C)C)c(C(=O)P(=O)(C(=O)c2ccccc2)c2ccccc2)c(C(C)C)c1. The summed E-state index contributed by atoms with van der Waals surface area (Å²) in [6.07, 6.45) is 0. The molecule has 0 aliphatic carbocycles. The first-order chi connectivity index (χ1) is 15.6. The summed E-state index contributed by atoms with van der Waals surface area (Å²) in [6.45, 7) is 12.4. The van der Waals surface area contributed by atoms with Crippen molar-refractivity contribution in [3.05, 3.63) is 101 Å². The van der Waals surface area contributed by atoms with E-state index in [1.165, 1.54) is 0 Å². The first kappa shape index (κ1) is 24.9. The molecule has 0 N–H and O–H groups in total. The van der Waals surface area contributed by atoms with Gasteiger partial charge in [0.15, 0.2) is 0 Å². The van der Waals surface area contributed by atoms with E-state index >= 15 is 0 Å². The number of carbonyl (C=O) groups is 2. The Morgan fingerprint density at radius 3 is 1.52 bits per heavy atom. The lowest BCUT2D eigenvalue weighted by Gasteiger charge is -2.25. The van der Waals surface area contributed by atoms with E-state index in [1.807, 2.05) is 27.7 Å². The second-order valence-corrected chi connectivity index (χ2v) is 12.0. The molecule has 0 saturated heterocycles. The van der Waals surface area contributed by atoms with Crippen LogP contribution in [0.15, 0.2) is 72.8 Å². The van der Waals surface area contributed by atoms with Crippen molar-refractivity contribution in [2.45, 2.75) is 59.3 Å². The molecule has 0 aromatic heterocycles. The van der Waals surface area contributed by atoms with Gasteiger partial charge in [-0.2, -0.15) is 0 Å². The molecule has 3 nitrogen and oxygen atoms in total. The maximum Gasteiger partial charge on any atom is 0.248 e. The van der Waals surface area contributed by atoms with Crippen molar-refractivity contribution in [1.82, 2.24) is 0 Å². The third-order valence-corrected chi connectivity index (χ3v) is 8.71. The summed E-state index contributed by atoms with van der Waals surface area (Å²) in [7, 11) is -4.15. The number of benzene rings is 3. The molecule has 0 radical (unpaired) electrons. The van der Waals surface area contributed by atoms with E-state index in [0.717, 1.165) is 16.7 Å². The lowest BCUT2D eigenvalue weighted by atomic mass is 9.85. The second kappa shape index (κ2) is 10.0. The topological polar surface area (TPSA) is 51.2 Å². The highest BCUT2D eigenvalue weighted by molar-refractivity contribution is 8.01. The molecule has 3 aromatic carbocycles. The molecule has 172 valence electrons. The molecule has 0 spiro atoms. The Labute approximate surface area is 197 Å². The normalized spacial score (nSPS) is 13.4. The van der Waals surface area contributed by atoms with Crippen molar-refractivity contribution in [3.63, 3.8) is 0 Å². The van der Waals surface area contributed by atoms with Crippen LogP contribution < -0.4 is 5.30 Å². The van der Waals surface area contributed by atoms with Gasteiger partial charge >= 0.3 is 0 Å². The van der Waals surface area contributed by atoms with E-state index in [9.17, 15) is 14.2 Å². The Balaban J connectivity index is 2.35. The van der Waals surface area contributed by atoms with Crippen molar-refractivity contribution >= 4 is 23.5 Å². The van der Waals surface area contributed by atoms with Gasteiger partial charge in [0.2, 0.25) is 18.2 Å². The molecular weight excluding hydrogens is 427 g/mol. The highest BCUT2D eigenvalue weighted by Crippen LogP contribution is 2.53. The maximum absolute atomic E-state index is 14.7. The molecule has 3 aromatic rings. The number of carbonyl (C=O) groups excluding carboxylic acids is 2. The van der Waals surface area contributed by atoms with Gasteiger partial charge in [-0.05, 0) is 34.4 Å². The first-order valence-electron chi connectivity index (χ1n) is 11.6. The summed E-state index contributed by atoms with van der Waals surface area (Å²) in [5, 5.41) is 0.279. The molecule has 0 amide bonds. The molecule has 0 aliphatic heterocycles. The zero-order valence-corrected chi connectivity index (χ0v) is 21.2. The fourth-order valence-electron chi connectivity index (χ4n) is 4.09. The third kappa shape index (κ3) is 4.80. The van der Waals surface area contributed by atoms with Crippen LogP contribution in [0.1, 0.15) is 96.7 Å². The predicted molar refractivity (Wildman–Crippen MR) is 137 cm³/mol. The average molecular weight is 461 g/mol. The smallest absolute Gasteiger partial charge is 0.248 e. The molecule has 0 bridgehead atoms. The molecule has 1 atom stereocenters. The molecule has 3 rings (SSSR count). The van der Waals surface area contributed by atoms with Crippen molar-refractivity contribution in [2.75, 3.05) is 0 Å². The third-order valence-electron chi connectivity index (χ3n) is 6.06. The highest BCUT2D eigenvalue weighted by atomic mass is 31.2. The Bertz CT molecular complexity index is 1160. The van der Waals surface area contributed by atoms with Crippen LogP contribution in [0.3, 0.4) is 0 Å². The Hall–Kier alpha value is -2.77. The van der Waals surface area contributed by atoms with Crippen LogP contribution in [0, 0.1) is 0 Å². The van der Waals surface area contributed by atoms with Crippen LogP contribution >= 0.6 is 7.14 Å². The van der Waals surface area contributed by atoms with E-state index < -0.39 is 18.2 Å². The van der Waals surface area contributed by atoms with Crippen LogP contribution in [-0.4, -0.2) is 11.0 Å². The average Bonchev–Trinajstić information content (AvgIpc) is 2.82. The van der Waals surface area contributed by atoms with Gasteiger partial charge in [0, 0.05) is 16.4 Å². The van der Waals surface area contributed by atoms with Crippen LogP contribution in [-0.2, 0) is 4.57 Å². The summed E-state index contributed by atoms with van der Waals surface area (Å²) >= 11 is 0. The van der Waals surface area contributed by atoms with E-state index in [0.29, 0.717) is 5.56 Å². The second-order valence-electron chi connectivity index (χ2n) is 9.46. The highest BCUT2D eigenvalue weighted by Gasteiger charge is 2.44. The van der Waals surface area contributed by atoms with Gasteiger partial charge in [0.05, 0.1) is 0 Å². The molecule has 33 heavy (non-hydrogen) atoms. The summed E-state index contributed by atoms with van der Waals surface area (Å²) in [6, 6.07) is 21.1. The lowest BCUT2D eigenvalue weighted by Crippen LogP contribution is -2.23. The zero-order valence-electron chi connectivity index (χ0n) is 20.3. The lowest BCUT2D eigenvalue weighted by molar-refractivity contribution is 0.103. The van der Waals surface area contributed by atoms with Crippen molar-refractivity contribution in [1.29, 1.82) is 0 Å². The van der Waals surface area contributed by atoms with Crippen molar-refractivity contribution < 1.29 is 14.2 Å². The van der Waals surface area contributed by atoms with Gasteiger partial charge < -0.3 is 4.57 Å². The van der Waals surface area contributed by atoms with Crippen LogP contribution in [0.25, 0.3) is 0 Å². The van der Waals surface area contributed by atoms with Crippen molar-refractivity contribution in [3.8, 4) is 0 Å².